The molecule has 2 aromatic rings. The van der Waals surface area contributed by atoms with Gasteiger partial charge in [-0.25, -0.2) is 0 Å². The van der Waals surface area contributed by atoms with Gasteiger partial charge in [-0.3, -0.25) is 14.9 Å². The Morgan fingerprint density at radius 1 is 1.31 bits per heavy atom. The fraction of sp³-hybridized carbons (Fsp3) is 0.412. The lowest BCUT2D eigenvalue weighted by Gasteiger charge is -2.11. The predicted molar refractivity (Wildman–Crippen MR) is 102 cm³/mol. The van der Waals surface area contributed by atoms with E-state index in [-0.39, 0.29) is 17.1 Å². The van der Waals surface area contributed by atoms with Crippen LogP contribution in [-0.4, -0.2) is 41.0 Å². The first-order valence-electron chi connectivity index (χ1n) is 8.19. The fourth-order valence-corrected chi connectivity index (χ4v) is 4.18. The third kappa shape index (κ3) is 5.70. The molecule has 1 aromatic heterocycles. The molecule has 1 atom stereocenters. The van der Waals surface area contributed by atoms with Gasteiger partial charge in [0.05, 0.1) is 13.7 Å². The molecule has 0 aliphatic carbocycles. The van der Waals surface area contributed by atoms with E-state index in [4.69, 9.17) is 9.47 Å². The van der Waals surface area contributed by atoms with E-state index >= 15 is 0 Å². The van der Waals surface area contributed by atoms with E-state index < -0.39 is 0 Å². The smallest absolute Gasteiger partial charge is 0.319 e. The van der Waals surface area contributed by atoms with Crippen molar-refractivity contribution in [2.24, 2.45) is 0 Å². The molecule has 1 unspecified atom stereocenters. The molecule has 1 heterocycles. The summed E-state index contributed by atoms with van der Waals surface area (Å²) in [6, 6.07) is 6.83. The molecule has 26 heavy (non-hydrogen) atoms. The summed E-state index contributed by atoms with van der Waals surface area (Å²) in [5.41, 5.74) is 0.462. The van der Waals surface area contributed by atoms with E-state index in [0.717, 1.165) is 6.42 Å². The maximum absolute atomic E-state index is 12.3. The second-order valence-corrected chi connectivity index (χ2v) is 7.63. The average Bonchev–Trinajstić information content (AvgIpc) is 3.08. The number of carbonyl (C=O) groups excluding carboxylic acids is 2. The third-order valence-electron chi connectivity index (χ3n) is 3.30. The number of methoxy groups -OCH3 is 1. The number of anilines is 1. The monoisotopic (exact) mass is 395 g/mol. The van der Waals surface area contributed by atoms with Gasteiger partial charge in [0, 0.05) is 5.56 Å². The van der Waals surface area contributed by atoms with Gasteiger partial charge in [-0.2, -0.15) is 0 Å². The summed E-state index contributed by atoms with van der Waals surface area (Å²) in [6.07, 6.45) is 1.54. The minimum atomic E-state index is -0.324. The van der Waals surface area contributed by atoms with Gasteiger partial charge >= 0.3 is 5.97 Å². The van der Waals surface area contributed by atoms with Crippen LogP contribution < -0.4 is 10.1 Å². The summed E-state index contributed by atoms with van der Waals surface area (Å²) >= 11 is 2.54. The standard InChI is InChI=1S/C17H21N3O4S2/c1-4-7-13(15(22)24-5-2)25-17-20-19-16(26-17)18-14(21)11-8-6-9-12(10-11)23-3/h6,8-10,13H,4-5,7H2,1-3H3,(H,18,19,21). The highest BCUT2D eigenvalue weighted by atomic mass is 32.2. The van der Waals surface area contributed by atoms with Gasteiger partial charge < -0.3 is 9.47 Å². The van der Waals surface area contributed by atoms with Crippen molar-refractivity contribution in [1.82, 2.24) is 10.2 Å². The number of nitrogens with one attached hydrogen (secondary N) is 1. The molecule has 0 saturated carbocycles. The third-order valence-corrected chi connectivity index (χ3v) is 5.47. The molecule has 0 aliphatic heterocycles. The van der Waals surface area contributed by atoms with Crippen LogP contribution in [0.5, 0.6) is 5.75 Å². The molecule has 1 N–H and O–H groups in total. The summed E-state index contributed by atoms with van der Waals surface area (Å²) in [5.74, 6) is 0.0478. The Morgan fingerprint density at radius 2 is 2.12 bits per heavy atom. The fourth-order valence-electron chi connectivity index (χ4n) is 2.09. The Hall–Kier alpha value is -2.13. The van der Waals surface area contributed by atoms with Crippen molar-refractivity contribution >= 4 is 40.1 Å². The molecule has 1 amide bonds. The van der Waals surface area contributed by atoms with Crippen molar-refractivity contribution in [2.75, 3.05) is 19.0 Å². The number of aromatic nitrogens is 2. The van der Waals surface area contributed by atoms with Gasteiger partial charge in [-0.1, -0.05) is 42.5 Å². The topological polar surface area (TPSA) is 90.4 Å². The number of benzene rings is 1. The molecule has 0 fully saturated rings. The Kier molecular flexibility index (Phi) is 7.86. The van der Waals surface area contributed by atoms with Crippen molar-refractivity contribution in [3.05, 3.63) is 29.8 Å². The first-order valence-corrected chi connectivity index (χ1v) is 9.89. The van der Waals surface area contributed by atoms with E-state index in [1.807, 2.05) is 6.92 Å². The van der Waals surface area contributed by atoms with E-state index in [0.29, 0.717) is 33.8 Å². The van der Waals surface area contributed by atoms with Gasteiger partial charge in [0.15, 0.2) is 4.34 Å². The summed E-state index contributed by atoms with van der Waals surface area (Å²) < 4.78 is 10.8. The van der Waals surface area contributed by atoms with Crippen LogP contribution >= 0.6 is 23.1 Å². The summed E-state index contributed by atoms with van der Waals surface area (Å²) in [6.45, 7) is 4.13. The number of nitrogens with zero attached hydrogens (tertiary/aromatic N) is 2. The largest absolute Gasteiger partial charge is 0.497 e. The zero-order valence-corrected chi connectivity index (χ0v) is 16.5. The normalized spacial score (nSPS) is 11.7. The highest BCUT2D eigenvalue weighted by molar-refractivity contribution is 8.02. The summed E-state index contributed by atoms with van der Waals surface area (Å²) in [7, 11) is 1.54. The molecule has 0 saturated heterocycles. The van der Waals surface area contributed by atoms with E-state index in [9.17, 15) is 9.59 Å². The maximum atomic E-state index is 12.3. The molecule has 0 aliphatic rings. The van der Waals surface area contributed by atoms with Crippen LogP contribution in [0.25, 0.3) is 0 Å². The van der Waals surface area contributed by atoms with Crippen LogP contribution in [0.2, 0.25) is 0 Å². The van der Waals surface area contributed by atoms with Crippen LogP contribution in [0.15, 0.2) is 28.6 Å². The van der Waals surface area contributed by atoms with Crippen molar-refractivity contribution in [1.29, 1.82) is 0 Å². The lowest BCUT2D eigenvalue weighted by molar-refractivity contribution is -0.142. The molecule has 2 rings (SSSR count). The van der Waals surface area contributed by atoms with Gasteiger partial charge in [0.2, 0.25) is 5.13 Å². The second kappa shape index (κ2) is 10.1. The molecular formula is C17H21N3O4S2. The predicted octanol–water partition coefficient (Wildman–Crippen LogP) is 3.62. The first kappa shape index (κ1) is 20.2. The quantitative estimate of drug-likeness (QED) is 0.394. The number of hydrogen-bond donors (Lipinski definition) is 1. The molecule has 1 aromatic carbocycles. The zero-order valence-electron chi connectivity index (χ0n) is 14.9. The summed E-state index contributed by atoms with van der Waals surface area (Å²) in [5, 5.41) is 10.8. The van der Waals surface area contributed by atoms with E-state index in [2.05, 4.69) is 15.5 Å². The number of amides is 1. The van der Waals surface area contributed by atoms with Gasteiger partial charge in [-0.15, -0.1) is 10.2 Å². The lowest BCUT2D eigenvalue weighted by Crippen LogP contribution is -2.20. The van der Waals surface area contributed by atoms with Crippen molar-refractivity contribution in [2.45, 2.75) is 36.3 Å². The number of rotatable bonds is 9. The molecule has 0 radical (unpaired) electrons. The first-order chi connectivity index (χ1) is 12.6. The highest BCUT2D eigenvalue weighted by Crippen LogP contribution is 2.31. The zero-order chi connectivity index (χ0) is 18.9. The Morgan fingerprint density at radius 3 is 2.81 bits per heavy atom. The Labute approximate surface area is 160 Å². The Balaban J connectivity index is 2.01. The van der Waals surface area contributed by atoms with Gasteiger partial charge in [0.25, 0.3) is 5.91 Å². The number of carbonyl (C=O) groups is 2. The van der Waals surface area contributed by atoms with Crippen LogP contribution in [0.1, 0.15) is 37.0 Å². The number of thioether (sulfide) groups is 1. The number of hydrogen-bond acceptors (Lipinski definition) is 8. The molecule has 0 bridgehead atoms. The van der Waals surface area contributed by atoms with E-state index in [1.165, 1.54) is 23.1 Å². The van der Waals surface area contributed by atoms with Crippen molar-refractivity contribution < 1.29 is 19.1 Å². The van der Waals surface area contributed by atoms with E-state index in [1.54, 1.807) is 38.3 Å². The average molecular weight is 396 g/mol. The van der Waals surface area contributed by atoms with Crippen LogP contribution in [0.3, 0.4) is 0 Å². The maximum Gasteiger partial charge on any atom is 0.319 e. The van der Waals surface area contributed by atoms with Gasteiger partial charge in [-0.05, 0) is 31.5 Å². The molecule has 9 heteroatoms. The molecular weight excluding hydrogens is 374 g/mol. The molecule has 7 nitrogen and oxygen atoms in total. The summed E-state index contributed by atoms with van der Waals surface area (Å²) in [4.78, 5) is 24.3. The number of esters is 1. The SMILES string of the molecule is CCCC(Sc1nnc(NC(=O)c2cccc(OC)c2)s1)C(=O)OCC. The Bertz CT molecular complexity index is 751. The van der Waals surface area contributed by atoms with Crippen molar-refractivity contribution in [3.63, 3.8) is 0 Å². The van der Waals surface area contributed by atoms with Gasteiger partial charge in [0.1, 0.15) is 11.0 Å². The minimum absolute atomic E-state index is 0.253. The van der Waals surface area contributed by atoms with Crippen molar-refractivity contribution in [3.8, 4) is 5.75 Å². The molecule has 140 valence electrons. The molecule has 0 spiro atoms. The minimum Gasteiger partial charge on any atom is -0.497 e. The highest BCUT2D eigenvalue weighted by Gasteiger charge is 2.22. The van der Waals surface area contributed by atoms with Crippen LogP contribution in [-0.2, 0) is 9.53 Å². The second-order valence-electron chi connectivity index (χ2n) is 5.21. The van der Waals surface area contributed by atoms with Crippen LogP contribution in [0, 0.1) is 0 Å². The van der Waals surface area contributed by atoms with Crippen LogP contribution in [0.4, 0.5) is 5.13 Å². The lowest BCUT2D eigenvalue weighted by atomic mass is 10.2. The number of ether oxygens (including phenoxy) is 2.